The molecule has 1 aromatic heterocycles. The zero-order valence-corrected chi connectivity index (χ0v) is 7.73. The number of nitrogens with two attached hydrogens (primary N) is 1. The van der Waals surface area contributed by atoms with Crippen LogP contribution in [0.3, 0.4) is 0 Å². The minimum atomic E-state index is -0.909. The Kier molecular flexibility index (Phi) is 3.41. The van der Waals surface area contributed by atoms with Gasteiger partial charge >= 0.3 is 5.97 Å². The summed E-state index contributed by atoms with van der Waals surface area (Å²) in [5, 5.41) is 0. The van der Waals surface area contributed by atoms with Crippen molar-refractivity contribution in [3.63, 3.8) is 0 Å². The van der Waals surface area contributed by atoms with Gasteiger partial charge in [0.1, 0.15) is 0 Å². The molecular formula is C9H11NO4. The molecule has 0 bridgehead atoms. The molecule has 1 rings (SSSR count). The molecule has 5 heteroatoms. The third-order valence-electron chi connectivity index (χ3n) is 1.72. The number of ether oxygens (including phenoxy) is 1. The van der Waals surface area contributed by atoms with Crippen molar-refractivity contribution in [3.8, 4) is 0 Å². The van der Waals surface area contributed by atoms with Crippen LogP contribution < -0.4 is 5.73 Å². The molecule has 0 radical (unpaired) electrons. The molecule has 0 spiro atoms. The van der Waals surface area contributed by atoms with Crippen molar-refractivity contribution in [1.29, 1.82) is 0 Å². The lowest BCUT2D eigenvalue weighted by molar-refractivity contribution is -0.140. The van der Waals surface area contributed by atoms with Gasteiger partial charge in [-0.15, -0.1) is 0 Å². The summed E-state index contributed by atoms with van der Waals surface area (Å²) in [6.45, 7) is 0. The molecule has 0 saturated carbocycles. The minimum Gasteiger partial charge on any atom is -0.469 e. The third kappa shape index (κ3) is 2.43. The van der Waals surface area contributed by atoms with Crippen molar-refractivity contribution < 1.29 is 18.7 Å². The molecule has 0 saturated heterocycles. The average molecular weight is 197 g/mol. The van der Waals surface area contributed by atoms with Gasteiger partial charge in [-0.3, -0.25) is 9.59 Å². The van der Waals surface area contributed by atoms with Gasteiger partial charge in [-0.2, -0.15) is 0 Å². The van der Waals surface area contributed by atoms with E-state index in [4.69, 9.17) is 10.2 Å². The molecule has 76 valence electrons. The lowest BCUT2D eigenvalue weighted by Gasteiger charge is -2.06. The third-order valence-corrected chi connectivity index (χ3v) is 1.72. The second-order valence-corrected chi connectivity index (χ2v) is 2.73. The topological polar surface area (TPSA) is 82.5 Å². The fraction of sp³-hybridized carbons (Fsp3) is 0.333. The Bertz CT molecular complexity index is 318. The van der Waals surface area contributed by atoms with E-state index in [2.05, 4.69) is 4.74 Å². The predicted molar refractivity (Wildman–Crippen MR) is 47.6 cm³/mol. The highest BCUT2D eigenvalue weighted by Gasteiger charge is 2.21. The molecule has 0 aliphatic heterocycles. The molecule has 1 atom stereocenters. The molecule has 0 fully saturated rings. The van der Waals surface area contributed by atoms with Crippen LogP contribution in [0, 0.1) is 0 Å². The first kappa shape index (κ1) is 10.5. The van der Waals surface area contributed by atoms with Crippen LogP contribution in [-0.4, -0.2) is 24.9 Å². The molecule has 1 heterocycles. The normalized spacial score (nSPS) is 12.1. The summed E-state index contributed by atoms with van der Waals surface area (Å²) >= 11 is 0. The number of methoxy groups -OCH3 is 1. The van der Waals surface area contributed by atoms with Crippen LogP contribution >= 0.6 is 0 Å². The summed E-state index contributed by atoms with van der Waals surface area (Å²) < 4.78 is 9.24. The molecule has 14 heavy (non-hydrogen) atoms. The minimum absolute atomic E-state index is 0.143. The average Bonchev–Trinajstić information content (AvgIpc) is 2.69. The smallest absolute Gasteiger partial charge is 0.307 e. The van der Waals surface area contributed by atoms with Crippen molar-refractivity contribution in [3.05, 3.63) is 24.2 Å². The second kappa shape index (κ2) is 4.57. The molecule has 1 unspecified atom stereocenters. The zero-order chi connectivity index (χ0) is 10.6. The Balaban J connectivity index is 2.58. The number of carbonyl (C=O) groups excluding carboxylic acids is 2. The molecule has 0 aromatic carbocycles. The summed E-state index contributed by atoms with van der Waals surface area (Å²) in [6, 6.07) is 2.17. The van der Waals surface area contributed by atoms with E-state index in [1.165, 1.54) is 19.4 Å². The number of esters is 1. The van der Waals surface area contributed by atoms with E-state index in [1.807, 2.05) is 0 Å². The first-order valence-corrected chi connectivity index (χ1v) is 4.05. The van der Waals surface area contributed by atoms with E-state index in [0.29, 0.717) is 0 Å². The van der Waals surface area contributed by atoms with E-state index in [1.54, 1.807) is 6.07 Å². The van der Waals surface area contributed by atoms with Gasteiger partial charge in [0.05, 0.1) is 25.8 Å². The van der Waals surface area contributed by atoms with Gasteiger partial charge in [0.15, 0.2) is 5.76 Å². The van der Waals surface area contributed by atoms with Gasteiger partial charge < -0.3 is 14.9 Å². The maximum atomic E-state index is 11.4. The fourth-order valence-corrected chi connectivity index (χ4v) is 0.957. The van der Waals surface area contributed by atoms with Crippen LogP contribution in [0.2, 0.25) is 0 Å². The number of rotatable bonds is 4. The first-order chi connectivity index (χ1) is 6.65. The number of carbonyl (C=O) groups is 2. The summed E-state index contributed by atoms with van der Waals surface area (Å²) in [5.41, 5.74) is 5.47. The van der Waals surface area contributed by atoms with Crippen molar-refractivity contribution >= 4 is 11.8 Å². The summed E-state index contributed by atoms with van der Waals surface area (Å²) in [5.74, 6) is -0.765. The highest BCUT2D eigenvalue weighted by atomic mass is 16.5. The van der Waals surface area contributed by atoms with Crippen LogP contribution in [0.4, 0.5) is 0 Å². The van der Waals surface area contributed by atoms with Crippen LogP contribution in [0.5, 0.6) is 0 Å². The largest absolute Gasteiger partial charge is 0.469 e. The Morgan fingerprint density at radius 1 is 1.64 bits per heavy atom. The maximum absolute atomic E-state index is 11.4. The molecular weight excluding hydrogens is 186 g/mol. The second-order valence-electron chi connectivity index (χ2n) is 2.73. The molecule has 0 amide bonds. The zero-order valence-electron chi connectivity index (χ0n) is 7.73. The summed E-state index contributed by atoms with van der Waals surface area (Å²) in [4.78, 5) is 22.2. The highest BCUT2D eigenvalue weighted by molar-refractivity contribution is 5.99. The number of ketones is 1. The SMILES string of the molecule is COC(=O)CC(N)C(=O)c1ccco1. The summed E-state index contributed by atoms with van der Waals surface area (Å²) in [6.07, 6.45) is 1.23. The van der Waals surface area contributed by atoms with Gasteiger partial charge in [-0.1, -0.05) is 0 Å². The number of Topliss-reactive ketones (excluding diaryl/α,β-unsaturated/α-hetero) is 1. The maximum Gasteiger partial charge on any atom is 0.307 e. The lowest BCUT2D eigenvalue weighted by Crippen LogP contribution is -2.33. The Morgan fingerprint density at radius 3 is 2.86 bits per heavy atom. The van der Waals surface area contributed by atoms with Crippen LogP contribution in [0.1, 0.15) is 17.0 Å². The van der Waals surface area contributed by atoms with Crippen molar-refractivity contribution in [2.45, 2.75) is 12.5 Å². The Morgan fingerprint density at radius 2 is 2.36 bits per heavy atom. The quantitative estimate of drug-likeness (QED) is 0.556. The standard InChI is InChI=1S/C9H11NO4/c1-13-8(11)5-6(10)9(12)7-3-2-4-14-7/h2-4,6H,5,10H2,1H3. The van der Waals surface area contributed by atoms with Crippen LogP contribution in [0.15, 0.2) is 22.8 Å². The van der Waals surface area contributed by atoms with Crippen LogP contribution in [-0.2, 0) is 9.53 Å². The van der Waals surface area contributed by atoms with Gasteiger partial charge in [0.2, 0.25) is 5.78 Å². The number of hydrogen-bond donors (Lipinski definition) is 1. The molecule has 1 aromatic rings. The van der Waals surface area contributed by atoms with Gasteiger partial charge in [0, 0.05) is 0 Å². The van der Waals surface area contributed by atoms with Crippen molar-refractivity contribution in [1.82, 2.24) is 0 Å². The molecule has 5 nitrogen and oxygen atoms in total. The number of furan rings is 1. The van der Waals surface area contributed by atoms with Gasteiger partial charge in [-0.25, -0.2) is 0 Å². The van der Waals surface area contributed by atoms with E-state index >= 15 is 0 Å². The van der Waals surface area contributed by atoms with Crippen LogP contribution in [0.25, 0.3) is 0 Å². The monoisotopic (exact) mass is 197 g/mol. The Hall–Kier alpha value is -1.62. The molecule has 0 aliphatic carbocycles. The Labute approximate surface area is 80.8 Å². The highest BCUT2D eigenvalue weighted by Crippen LogP contribution is 2.05. The van der Waals surface area contributed by atoms with E-state index < -0.39 is 17.8 Å². The molecule has 2 N–H and O–H groups in total. The van der Waals surface area contributed by atoms with Gasteiger partial charge in [0.25, 0.3) is 0 Å². The fourth-order valence-electron chi connectivity index (χ4n) is 0.957. The van der Waals surface area contributed by atoms with Crippen molar-refractivity contribution in [2.24, 2.45) is 5.73 Å². The van der Waals surface area contributed by atoms with Gasteiger partial charge in [-0.05, 0) is 12.1 Å². The van der Waals surface area contributed by atoms with Crippen molar-refractivity contribution in [2.75, 3.05) is 7.11 Å². The predicted octanol–water partition coefficient (Wildman–Crippen LogP) is 0.353. The van der Waals surface area contributed by atoms with E-state index in [9.17, 15) is 9.59 Å². The first-order valence-electron chi connectivity index (χ1n) is 4.05. The van der Waals surface area contributed by atoms with E-state index in [0.717, 1.165) is 0 Å². The summed E-state index contributed by atoms with van der Waals surface area (Å²) in [7, 11) is 1.24. The van der Waals surface area contributed by atoms with E-state index in [-0.39, 0.29) is 12.2 Å². The lowest BCUT2D eigenvalue weighted by atomic mass is 10.1. The number of hydrogen-bond acceptors (Lipinski definition) is 5. The molecule has 0 aliphatic rings.